The Kier molecular flexibility index (Phi) is 6.91. The number of cyclic esters (lactones) is 1. The summed E-state index contributed by atoms with van der Waals surface area (Å²) in [5, 5.41) is 6.45. The molecule has 3 aromatic rings. The number of para-hydroxylation sites is 2. The highest BCUT2D eigenvalue weighted by Gasteiger charge is 2.34. The summed E-state index contributed by atoms with van der Waals surface area (Å²) in [6.45, 7) is 6.22. The average molecular weight is 485 g/mol. The quantitative estimate of drug-likeness (QED) is 0.476. The first kappa shape index (κ1) is 23.9. The first-order valence-electron chi connectivity index (χ1n) is 12.5. The summed E-state index contributed by atoms with van der Waals surface area (Å²) in [4.78, 5) is 29.5. The highest BCUT2D eigenvalue weighted by atomic mass is 16.6. The molecule has 5 rings (SSSR count). The Bertz CT molecular complexity index is 1250. The van der Waals surface area contributed by atoms with Gasteiger partial charge in [0, 0.05) is 30.4 Å². The maximum absolute atomic E-state index is 12.9. The van der Waals surface area contributed by atoms with Crippen molar-refractivity contribution in [1.82, 2.24) is 4.90 Å². The van der Waals surface area contributed by atoms with E-state index in [0.29, 0.717) is 13.2 Å². The third-order valence-electron chi connectivity index (χ3n) is 6.86. The molecule has 0 unspecified atom stereocenters. The zero-order valence-corrected chi connectivity index (χ0v) is 20.8. The van der Waals surface area contributed by atoms with E-state index in [0.717, 1.165) is 59.8 Å². The third kappa shape index (κ3) is 5.36. The van der Waals surface area contributed by atoms with Gasteiger partial charge in [0.1, 0.15) is 6.61 Å². The van der Waals surface area contributed by atoms with Gasteiger partial charge in [0.2, 0.25) is 5.91 Å². The lowest BCUT2D eigenvalue weighted by Crippen LogP contribution is -2.50. The molecule has 2 aliphatic heterocycles. The maximum atomic E-state index is 12.9. The summed E-state index contributed by atoms with van der Waals surface area (Å²) in [7, 11) is 0. The van der Waals surface area contributed by atoms with Crippen LogP contribution in [0, 0.1) is 13.8 Å². The largest absolute Gasteiger partial charge is 0.444 e. The second-order valence-corrected chi connectivity index (χ2v) is 9.65. The van der Waals surface area contributed by atoms with Crippen LogP contribution in [0.15, 0.2) is 66.7 Å². The molecule has 7 nitrogen and oxygen atoms in total. The van der Waals surface area contributed by atoms with E-state index in [9.17, 15) is 9.59 Å². The van der Waals surface area contributed by atoms with Crippen molar-refractivity contribution < 1.29 is 14.3 Å². The van der Waals surface area contributed by atoms with E-state index in [1.54, 1.807) is 0 Å². The Morgan fingerprint density at radius 3 is 2.39 bits per heavy atom. The lowest BCUT2D eigenvalue weighted by atomic mass is 10.00. The van der Waals surface area contributed by atoms with E-state index >= 15 is 0 Å². The van der Waals surface area contributed by atoms with E-state index in [1.807, 2.05) is 60.4 Å². The molecule has 1 fully saturated rings. The van der Waals surface area contributed by atoms with Gasteiger partial charge < -0.3 is 15.4 Å². The molecule has 2 aliphatic rings. The van der Waals surface area contributed by atoms with Crippen LogP contribution in [0.25, 0.3) is 0 Å². The number of benzene rings is 3. The van der Waals surface area contributed by atoms with E-state index < -0.39 is 0 Å². The van der Waals surface area contributed by atoms with Crippen molar-refractivity contribution in [3.8, 4) is 0 Å². The van der Waals surface area contributed by atoms with Gasteiger partial charge in [-0.25, -0.2) is 4.79 Å². The number of nitrogens with one attached hydrogen (secondary N) is 2. The lowest BCUT2D eigenvalue weighted by molar-refractivity contribution is -0.117. The molecule has 36 heavy (non-hydrogen) atoms. The van der Waals surface area contributed by atoms with Crippen molar-refractivity contribution in [2.24, 2.45) is 0 Å². The number of ether oxygens (including phenoxy) is 1. The van der Waals surface area contributed by atoms with Gasteiger partial charge in [-0.15, -0.1) is 0 Å². The minimum absolute atomic E-state index is 0.0511. The summed E-state index contributed by atoms with van der Waals surface area (Å²) in [6.07, 6.45) is 1.31. The highest BCUT2D eigenvalue weighted by Crippen LogP contribution is 2.32. The lowest BCUT2D eigenvalue weighted by Gasteiger charge is -2.40. The van der Waals surface area contributed by atoms with Crippen LogP contribution in [0.1, 0.15) is 29.5 Å². The number of rotatable bonds is 6. The van der Waals surface area contributed by atoms with Crippen molar-refractivity contribution in [1.29, 1.82) is 0 Å². The molecule has 0 bridgehead atoms. The van der Waals surface area contributed by atoms with Gasteiger partial charge >= 0.3 is 6.09 Å². The number of anilines is 4. The number of likely N-dealkylation sites (tertiary alicyclic amines) is 1. The summed E-state index contributed by atoms with van der Waals surface area (Å²) in [6, 6.07) is 22.1. The number of amides is 2. The Labute approximate surface area is 212 Å². The van der Waals surface area contributed by atoms with Crippen LogP contribution in [-0.4, -0.2) is 42.6 Å². The zero-order valence-electron chi connectivity index (χ0n) is 20.8. The van der Waals surface area contributed by atoms with Gasteiger partial charge in [-0.05, 0) is 57.0 Å². The Morgan fingerprint density at radius 1 is 0.944 bits per heavy atom. The molecule has 0 aromatic heterocycles. The Balaban J connectivity index is 1.18. The molecule has 0 radical (unpaired) electrons. The summed E-state index contributed by atoms with van der Waals surface area (Å²) in [5.74, 6) is -0.0511. The van der Waals surface area contributed by atoms with Crippen molar-refractivity contribution in [3.63, 3.8) is 0 Å². The van der Waals surface area contributed by atoms with E-state index in [1.165, 1.54) is 5.56 Å². The van der Waals surface area contributed by atoms with Crippen molar-refractivity contribution in [3.05, 3.63) is 83.4 Å². The minimum Gasteiger partial charge on any atom is -0.444 e. The number of aryl methyl sites for hydroxylation is 2. The topological polar surface area (TPSA) is 73.9 Å². The van der Waals surface area contributed by atoms with E-state index in [2.05, 4.69) is 40.7 Å². The van der Waals surface area contributed by atoms with Crippen LogP contribution in [0.4, 0.5) is 27.5 Å². The number of nitrogens with zero attached hydrogens (tertiary/aromatic N) is 2. The Morgan fingerprint density at radius 2 is 1.64 bits per heavy atom. The predicted molar refractivity (Wildman–Crippen MR) is 143 cm³/mol. The van der Waals surface area contributed by atoms with Crippen LogP contribution < -0.4 is 15.5 Å². The predicted octanol–water partition coefficient (Wildman–Crippen LogP) is 5.61. The molecule has 3 aromatic carbocycles. The molecular weight excluding hydrogens is 452 g/mol. The second kappa shape index (κ2) is 10.4. The van der Waals surface area contributed by atoms with Gasteiger partial charge in [0.25, 0.3) is 0 Å². The normalized spacial score (nSPS) is 16.3. The van der Waals surface area contributed by atoms with Crippen LogP contribution in [0.2, 0.25) is 0 Å². The fourth-order valence-electron chi connectivity index (χ4n) is 4.94. The van der Waals surface area contributed by atoms with Gasteiger partial charge in [-0.3, -0.25) is 14.6 Å². The average Bonchev–Trinajstić information content (AvgIpc) is 2.87. The van der Waals surface area contributed by atoms with Crippen LogP contribution >= 0.6 is 0 Å². The van der Waals surface area contributed by atoms with Gasteiger partial charge in [0.05, 0.1) is 23.6 Å². The monoisotopic (exact) mass is 484 g/mol. The maximum Gasteiger partial charge on any atom is 0.414 e. The second-order valence-electron chi connectivity index (χ2n) is 9.65. The van der Waals surface area contributed by atoms with Crippen LogP contribution in [0.3, 0.4) is 0 Å². The number of piperidine rings is 1. The van der Waals surface area contributed by atoms with E-state index in [4.69, 9.17) is 4.74 Å². The molecule has 2 amide bonds. The molecule has 0 atom stereocenters. The van der Waals surface area contributed by atoms with Gasteiger partial charge in [0.15, 0.2) is 0 Å². The Hall–Kier alpha value is -3.84. The van der Waals surface area contributed by atoms with Crippen molar-refractivity contribution in [2.45, 2.75) is 39.3 Å². The van der Waals surface area contributed by atoms with Gasteiger partial charge in [-0.2, -0.15) is 0 Å². The van der Waals surface area contributed by atoms with Crippen LogP contribution in [0.5, 0.6) is 0 Å². The molecule has 0 spiro atoms. The minimum atomic E-state index is -0.278. The van der Waals surface area contributed by atoms with E-state index in [-0.39, 0.29) is 18.0 Å². The molecule has 0 aliphatic carbocycles. The SMILES string of the molecule is Cc1ccc(Nc2ccccc2NC(=O)CN2CCC(N3C(=O)OCc4cc(C)ccc43)CC2)cc1. The number of carbonyl (C=O) groups is 2. The molecule has 2 heterocycles. The standard InChI is InChI=1S/C29H32N4O3/c1-20-7-10-23(11-8-20)30-25-5-3-4-6-26(25)31-28(34)18-32-15-13-24(14-16-32)33-27-12-9-21(2)17-22(27)19-36-29(33)35/h3-12,17,24,30H,13-16,18-19H2,1-2H3,(H,31,34). The molecule has 0 saturated carbocycles. The smallest absolute Gasteiger partial charge is 0.414 e. The highest BCUT2D eigenvalue weighted by molar-refractivity contribution is 5.96. The number of fused-ring (bicyclic) bond motifs is 1. The molecular formula is C29H32N4O3. The molecule has 2 N–H and O–H groups in total. The molecule has 1 saturated heterocycles. The number of hydrogen-bond donors (Lipinski definition) is 2. The molecule has 7 heteroatoms. The fourth-order valence-corrected chi connectivity index (χ4v) is 4.94. The fraction of sp³-hybridized carbons (Fsp3) is 0.310. The van der Waals surface area contributed by atoms with Gasteiger partial charge in [-0.1, -0.05) is 47.5 Å². The summed E-state index contributed by atoms with van der Waals surface area (Å²) < 4.78 is 5.45. The van der Waals surface area contributed by atoms with Crippen LogP contribution in [-0.2, 0) is 16.1 Å². The van der Waals surface area contributed by atoms with Crippen molar-refractivity contribution >= 4 is 34.7 Å². The zero-order chi connectivity index (χ0) is 25.1. The summed E-state index contributed by atoms with van der Waals surface area (Å²) in [5.41, 5.74) is 6.93. The first-order valence-corrected chi connectivity index (χ1v) is 12.5. The number of carbonyl (C=O) groups excluding carboxylic acids is 2. The number of hydrogen-bond acceptors (Lipinski definition) is 5. The van der Waals surface area contributed by atoms with Crippen molar-refractivity contribution in [2.75, 3.05) is 35.2 Å². The first-order chi connectivity index (χ1) is 17.5. The molecule has 186 valence electrons. The summed E-state index contributed by atoms with van der Waals surface area (Å²) >= 11 is 0. The third-order valence-corrected chi connectivity index (χ3v) is 6.86.